The summed E-state index contributed by atoms with van der Waals surface area (Å²) in [6.45, 7) is 4.96. The van der Waals surface area contributed by atoms with Crippen molar-refractivity contribution >= 4 is 21.4 Å². The molecule has 3 aromatic rings. The summed E-state index contributed by atoms with van der Waals surface area (Å²) < 4.78 is 30.2. The lowest BCUT2D eigenvalue weighted by atomic mass is 10.0. The van der Waals surface area contributed by atoms with Crippen molar-refractivity contribution in [2.24, 2.45) is 5.92 Å². The Bertz CT molecular complexity index is 1230. The van der Waals surface area contributed by atoms with Gasteiger partial charge in [-0.3, -0.25) is 4.79 Å². The van der Waals surface area contributed by atoms with Crippen LogP contribution in [0, 0.1) is 5.92 Å². The van der Waals surface area contributed by atoms with Gasteiger partial charge in [0, 0.05) is 12.0 Å². The van der Waals surface area contributed by atoms with Crippen LogP contribution in [-0.2, 0) is 9.84 Å². The first-order valence-corrected chi connectivity index (χ1v) is 11.8. The van der Waals surface area contributed by atoms with Crippen molar-refractivity contribution in [1.82, 2.24) is 25.5 Å². The molecule has 1 aliphatic rings. The van der Waals surface area contributed by atoms with Crippen LogP contribution in [-0.4, -0.2) is 52.7 Å². The van der Waals surface area contributed by atoms with Crippen LogP contribution < -0.4 is 11.1 Å². The third kappa shape index (κ3) is 4.39. The molecule has 2 aromatic heterocycles. The summed E-state index contributed by atoms with van der Waals surface area (Å²) in [5.41, 5.74) is 7.21. The zero-order chi connectivity index (χ0) is 22.9. The third-order valence-electron chi connectivity index (χ3n) is 5.40. The Labute approximate surface area is 185 Å². The molecule has 1 fully saturated rings. The number of nitrogens with one attached hydrogen (secondary N) is 1. The summed E-state index contributed by atoms with van der Waals surface area (Å²) in [7, 11) is -3.37. The highest BCUT2D eigenvalue weighted by Crippen LogP contribution is 2.27. The number of rotatable bonds is 7. The van der Waals surface area contributed by atoms with Crippen LogP contribution in [0.25, 0.3) is 22.8 Å². The highest BCUT2D eigenvalue weighted by Gasteiger charge is 2.24. The van der Waals surface area contributed by atoms with Crippen LogP contribution in [0.3, 0.4) is 0 Å². The van der Waals surface area contributed by atoms with E-state index in [1.54, 1.807) is 26.0 Å². The second-order valence-electron chi connectivity index (χ2n) is 8.01. The predicted octanol–water partition coefficient (Wildman–Crippen LogP) is 2.14. The maximum atomic E-state index is 12.4. The zero-order valence-electron chi connectivity index (χ0n) is 17.8. The number of Topliss-reactive ketones (excluding diaryl/α,β-unsaturated/α-hetero) is 1. The number of anilines is 1. The second-order valence-corrected chi connectivity index (χ2v) is 10.5. The molecule has 1 aromatic carbocycles. The van der Waals surface area contributed by atoms with Gasteiger partial charge in [0.05, 0.1) is 22.0 Å². The van der Waals surface area contributed by atoms with Gasteiger partial charge < -0.3 is 15.5 Å². The van der Waals surface area contributed by atoms with Crippen molar-refractivity contribution in [1.29, 1.82) is 0 Å². The molecule has 0 radical (unpaired) electrons. The Morgan fingerprint density at radius 2 is 2.00 bits per heavy atom. The quantitative estimate of drug-likeness (QED) is 0.505. The van der Waals surface area contributed by atoms with E-state index in [-0.39, 0.29) is 39.9 Å². The lowest BCUT2D eigenvalue weighted by Gasteiger charge is -2.09. The lowest BCUT2D eigenvalue weighted by molar-refractivity contribution is 0.0931. The van der Waals surface area contributed by atoms with E-state index in [9.17, 15) is 13.2 Å². The minimum Gasteiger partial charge on any atom is -0.412 e. The maximum absolute atomic E-state index is 12.4. The summed E-state index contributed by atoms with van der Waals surface area (Å²) in [5, 5.41) is 10.5. The van der Waals surface area contributed by atoms with Gasteiger partial charge in [-0.1, -0.05) is 12.1 Å². The van der Waals surface area contributed by atoms with Crippen LogP contribution >= 0.6 is 0 Å². The average Bonchev–Trinajstić information content (AvgIpc) is 3.46. The van der Waals surface area contributed by atoms with Gasteiger partial charge in [-0.2, -0.15) is 0 Å². The van der Waals surface area contributed by atoms with Crippen molar-refractivity contribution in [2.45, 2.75) is 36.8 Å². The number of aromatic nitrogens is 4. The van der Waals surface area contributed by atoms with Crippen LogP contribution in [0.5, 0.6) is 0 Å². The van der Waals surface area contributed by atoms with E-state index in [0.29, 0.717) is 17.7 Å². The van der Waals surface area contributed by atoms with E-state index in [4.69, 9.17) is 10.2 Å². The van der Waals surface area contributed by atoms with E-state index < -0.39 is 15.1 Å². The Morgan fingerprint density at radius 3 is 2.66 bits per heavy atom. The number of nitrogen functional groups attached to an aromatic ring is 1. The molecule has 1 atom stereocenters. The number of hydrogen-bond donors (Lipinski definition) is 2. The molecule has 0 aliphatic carbocycles. The molecule has 0 bridgehead atoms. The van der Waals surface area contributed by atoms with Gasteiger partial charge in [0.25, 0.3) is 11.8 Å². The number of benzene rings is 1. The second kappa shape index (κ2) is 8.75. The fourth-order valence-electron chi connectivity index (χ4n) is 3.45. The van der Waals surface area contributed by atoms with Crippen LogP contribution in [0.15, 0.2) is 39.8 Å². The van der Waals surface area contributed by atoms with Gasteiger partial charge in [-0.15, -0.1) is 10.2 Å². The molecular weight excluding hydrogens is 432 g/mol. The molecule has 1 aliphatic heterocycles. The Balaban J connectivity index is 1.58. The van der Waals surface area contributed by atoms with Crippen LogP contribution in [0.4, 0.5) is 5.82 Å². The molecule has 11 heteroatoms. The topological polar surface area (TPSA) is 154 Å². The smallest absolute Gasteiger partial charge is 0.284 e. The highest BCUT2D eigenvalue weighted by atomic mass is 32.2. The number of carbonyl (C=O) groups is 1. The molecule has 3 N–H and O–H groups in total. The number of nitrogens with zero attached hydrogens (tertiary/aromatic N) is 4. The lowest BCUT2D eigenvalue weighted by Crippen LogP contribution is -2.13. The molecule has 0 spiro atoms. The molecule has 3 heterocycles. The molecule has 1 saturated heterocycles. The van der Waals surface area contributed by atoms with Gasteiger partial charge in [0.1, 0.15) is 0 Å². The maximum Gasteiger partial charge on any atom is 0.284 e. The van der Waals surface area contributed by atoms with Crippen LogP contribution in [0.2, 0.25) is 0 Å². The van der Waals surface area contributed by atoms with Crippen molar-refractivity contribution in [2.75, 3.05) is 18.8 Å². The Morgan fingerprint density at radius 1 is 1.25 bits per heavy atom. The van der Waals surface area contributed by atoms with Gasteiger partial charge in [0.2, 0.25) is 5.78 Å². The number of hydrogen-bond acceptors (Lipinski definition) is 10. The van der Waals surface area contributed by atoms with E-state index in [1.165, 1.54) is 18.3 Å². The van der Waals surface area contributed by atoms with Crippen molar-refractivity contribution in [3.63, 3.8) is 0 Å². The number of ketones is 1. The first kappa shape index (κ1) is 22.0. The van der Waals surface area contributed by atoms with Gasteiger partial charge in [-0.05, 0) is 51.4 Å². The van der Waals surface area contributed by atoms with E-state index >= 15 is 0 Å². The van der Waals surface area contributed by atoms with E-state index in [0.717, 1.165) is 19.5 Å². The third-order valence-corrected chi connectivity index (χ3v) is 7.57. The molecule has 32 heavy (non-hydrogen) atoms. The minimum atomic E-state index is -3.37. The monoisotopic (exact) mass is 456 g/mol. The standard InChI is InChI=1S/C21H24N6O4S/c1-12(2)32(29,30)15-5-3-14(4-6-15)16-11-24-19(22)18(25-16)21-27-26-20(31-21)17(28)9-13-7-8-23-10-13/h3-6,11-13,23H,7-10H2,1-2H3,(H2,22,24). The molecule has 0 saturated carbocycles. The molecule has 168 valence electrons. The highest BCUT2D eigenvalue weighted by molar-refractivity contribution is 7.92. The molecular formula is C21H24N6O4S. The van der Waals surface area contributed by atoms with Gasteiger partial charge in [-0.25, -0.2) is 18.4 Å². The fourth-order valence-corrected chi connectivity index (χ4v) is 4.51. The largest absolute Gasteiger partial charge is 0.412 e. The van der Waals surface area contributed by atoms with Crippen molar-refractivity contribution < 1.29 is 17.6 Å². The molecule has 1 unspecified atom stereocenters. The molecule has 4 rings (SSSR count). The van der Waals surface area contributed by atoms with Crippen molar-refractivity contribution in [3.8, 4) is 22.8 Å². The van der Waals surface area contributed by atoms with Crippen LogP contribution in [0.1, 0.15) is 37.4 Å². The number of carbonyl (C=O) groups excluding carboxylic acids is 1. The number of nitrogens with two attached hydrogens (primary N) is 1. The zero-order valence-corrected chi connectivity index (χ0v) is 18.6. The predicted molar refractivity (Wildman–Crippen MR) is 117 cm³/mol. The van der Waals surface area contributed by atoms with E-state index in [1.807, 2.05) is 0 Å². The molecule has 10 nitrogen and oxygen atoms in total. The average molecular weight is 457 g/mol. The number of sulfone groups is 1. The summed E-state index contributed by atoms with van der Waals surface area (Å²) in [6, 6.07) is 6.36. The molecule has 0 amide bonds. The van der Waals surface area contributed by atoms with Gasteiger partial charge in [0.15, 0.2) is 21.3 Å². The van der Waals surface area contributed by atoms with Crippen molar-refractivity contribution in [3.05, 3.63) is 36.4 Å². The summed E-state index contributed by atoms with van der Waals surface area (Å²) in [4.78, 5) is 21.3. The first-order chi connectivity index (χ1) is 15.3. The SMILES string of the molecule is CC(C)S(=O)(=O)c1ccc(-c2cnc(N)c(-c3nnc(C(=O)CC4CCNC4)o3)n2)cc1. The fraction of sp³-hybridized carbons (Fsp3) is 0.381. The Hall–Kier alpha value is -3.18. The summed E-state index contributed by atoms with van der Waals surface area (Å²) >= 11 is 0. The summed E-state index contributed by atoms with van der Waals surface area (Å²) in [5.74, 6) is 0.0384. The normalized spacial score (nSPS) is 16.5. The van der Waals surface area contributed by atoms with Gasteiger partial charge >= 0.3 is 0 Å². The van der Waals surface area contributed by atoms with E-state index in [2.05, 4.69) is 25.5 Å². The first-order valence-electron chi connectivity index (χ1n) is 10.3. The Kier molecular flexibility index (Phi) is 6.02. The summed E-state index contributed by atoms with van der Waals surface area (Å²) in [6.07, 6.45) is 2.74. The minimum absolute atomic E-state index is 0.00347.